The van der Waals surface area contributed by atoms with E-state index in [1.807, 2.05) is 277 Å². The molecule has 12 heteroatoms. The smallest absolute Gasteiger partial charge is 0.411 e. The van der Waals surface area contributed by atoms with E-state index in [9.17, 15) is 0 Å². The first kappa shape index (κ1) is 58.4. The second kappa shape index (κ2) is 25.2. The van der Waals surface area contributed by atoms with Gasteiger partial charge in [0.05, 0.1) is 14.2 Å². The van der Waals surface area contributed by atoms with Crippen molar-refractivity contribution in [3.05, 3.63) is 327 Å². The minimum Gasteiger partial charge on any atom is -0.497 e. The molecule has 0 aliphatic carbocycles. The highest BCUT2D eigenvalue weighted by Crippen LogP contribution is 2.57. The van der Waals surface area contributed by atoms with Crippen molar-refractivity contribution in [3.8, 4) is 33.8 Å². The van der Waals surface area contributed by atoms with Gasteiger partial charge in [0.1, 0.15) is 11.5 Å². The van der Waals surface area contributed by atoms with E-state index in [1.165, 1.54) is 24.3 Å². The number of nitrogens with zero attached hydrogens (tertiary/aromatic N) is 4. The van der Waals surface area contributed by atoms with Crippen LogP contribution in [-0.4, -0.2) is 26.6 Å². The lowest BCUT2D eigenvalue weighted by atomic mass is 9.72. The van der Waals surface area contributed by atoms with Crippen molar-refractivity contribution in [1.82, 2.24) is 0 Å². The van der Waals surface area contributed by atoms with E-state index in [0.717, 1.165) is 80.6 Å². The molecule has 0 unspecified atom stereocenters. The van der Waals surface area contributed by atoms with E-state index in [-0.39, 0.29) is 0 Å². The van der Waals surface area contributed by atoms with Crippen molar-refractivity contribution in [1.29, 1.82) is 0 Å². The van der Waals surface area contributed by atoms with Gasteiger partial charge in [0.25, 0.3) is 0 Å². The monoisotopic (exact) mass is 1180 g/mol. The summed E-state index contributed by atoms with van der Waals surface area (Å²) in [7, 11) is 3.19. The number of hydrogen-bond acceptors (Lipinski definition) is 6. The van der Waals surface area contributed by atoms with Crippen molar-refractivity contribution in [3.63, 3.8) is 0 Å². The first-order valence-corrected chi connectivity index (χ1v) is 28.8. The molecular weight excluding hydrogens is 1130 g/mol. The average molecular weight is 1190 g/mol. The zero-order valence-corrected chi connectivity index (χ0v) is 48.4. The zero-order valence-electron chi connectivity index (χ0n) is 48.4. The van der Waals surface area contributed by atoms with Gasteiger partial charge < -0.3 is 29.1 Å². The maximum absolute atomic E-state index is 16.2. The molecule has 12 aromatic rings. The molecule has 0 heterocycles. The van der Waals surface area contributed by atoms with Crippen LogP contribution in [0.15, 0.2) is 315 Å². The minimum atomic E-state index is -5.86. The largest absolute Gasteiger partial charge is 0.497 e. The van der Waals surface area contributed by atoms with Crippen LogP contribution in [0, 0.1) is 0 Å². The van der Waals surface area contributed by atoms with Crippen LogP contribution in [0.1, 0.15) is 11.1 Å². The topological polar surface area (TPSA) is 31.4 Å². The first-order chi connectivity index (χ1) is 43.3. The summed E-state index contributed by atoms with van der Waals surface area (Å²) in [4.78, 5) is 7.81. The van der Waals surface area contributed by atoms with E-state index in [2.05, 4.69) is 9.80 Å². The lowest BCUT2D eigenvalue weighted by Gasteiger charge is -2.39. The van der Waals surface area contributed by atoms with Gasteiger partial charge in [-0.3, -0.25) is 0 Å². The van der Waals surface area contributed by atoms with Crippen molar-refractivity contribution in [2.75, 3.05) is 33.8 Å². The maximum Gasteiger partial charge on any atom is 0.411 e. The van der Waals surface area contributed by atoms with Crippen molar-refractivity contribution >= 4 is 68.2 Å². The Balaban J connectivity index is 0.931. The number of ether oxygens (including phenoxy) is 2. The highest BCUT2D eigenvalue weighted by atomic mass is 19.4. The number of alkyl halides is 6. The SMILES string of the molecule is COc1ccc(-c2ccc(N(c3ccc(N(c4ccccc4)c4ccccc4)cc3)c3ccc(C(c4ccc(N(c5ccc(-c6ccc(OC)cc6)cc5)c5ccc(N(c6ccccc6)c6ccccc6)cc5)cc4)(C(F)(F)F)C(F)(F)F)cc3)cc2)cc1. The number of hydrogen-bond donors (Lipinski definition) is 0. The third kappa shape index (κ3) is 11.9. The Morgan fingerprint density at radius 3 is 0.573 bits per heavy atom. The molecule has 0 saturated carbocycles. The van der Waals surface area contributed by atoms with Gasteiger partial charge in [-0.1, -0.05) is 146 Å². The number of methoxy groups -OCH3 is 2. The van der Waals surface area contributed by atoms with Gasteiger partial charge >= 0.3 is 12.4 Å². The van der Waals surface area contributed by atoms with E-state index in [0.29, 0.717) is 45.6 Å². The van der Waals surface area contributed by atoms with Crippen molar-refractivity contribution < 1.29 is 35.8 Å². The van der Waals surface area contributed by atoms with Gasteiger partial charge in [-0.25, -0.2) is 0 Å². The molecule has 440 valence electrons. The Morgan fingerprint density at radius 1 is 0.213 bits per heavy atom. The lowest BCUT2D eigenvalue weighted by molar-refractivity contribution is -0.288. The minimum absolute atomic E-state index is 0.325. The quantitative estimate of drug-likeness (QED) is 0.0796. The molecule has 0 bridgehead atoms. The summed E-state index contributed by atoms with van der Waals surface area (Å²) in [5.74, 6) is 1.39. The Bertz CT molecular complexity index is 3880. The van der Waals surface area contributed by atoms with Gasteiger partial charge in [0.15, 0.2) is 0 Å². The Labute approximate surface area is 513 Å². The highest BCUT2D eigenvalue weighted by molar-refractivity contribution is 5.85. The third-order valence-corrected chi connectivity index (χ3v) is 15.9. The summed E-state index contributed by atoms with van der Waals surface area (Å²) in [6, 6.07) is 94.0. The van der Waals surface area contributed by atoms with Crippen LogP contribution >= 0.6 is 0 Å². The van der Waals surface area contributed by atoms with Crippen LogP contribution in [-0.2, 0) is 5.41 Å². The molecular formula is C77H58F6N4O2. The molecule has 0 amide bonds. The summed E-state index contributed by atoms with van der Waals surface area (Å²) in [6.45, 7) is 0. The normalized spacial score (nSPS) is 11.6. The summed E-state index contributed by atoms with van der Waals surface area (Å²) in [5.41, 5.74) is 5.51. The molecule has 0 aromatic heterocycles. The van der Waals surface area contributed by atoms with Crippen LogP contribution in [0.5, 0.6) is 11.5 Å². The molecule has 0 aliphatic heterocycles. The van der Waals surface area contributed by atoms with Crippen molar-refractivity contribution in [2.45, 2.75) is 17.8 Å². The van der Waals surface area contributed by atoms with Crippen LogP contribution in [0.25, 0.3) is 22.3 Å². The van der Waals surface area contributed by atoms with E-state index in [1.54, 1.807) is 14.2 Å². The molecule has 89 heavy (non-hydrogen) atoms. The predicted octanol–water partition coefficient (Wildman–Crippen LogP) is 22.3. The summed E-state index contributed by atoms with van der Waals surface area (Å²) >= 11 is 0. The number of para-hydroxylation sites is 4. The Morgan fingerprint density at radius 2 is 0.382 bits per heavy atom. The first-order valence-electron chi connectivity index (χ1n) is 28.8. The fourth-order valence-electron chi connectivity index (χ4n) is 11.5. The van der Waals surface area contributed by atoms with Crippen molar-refractivity contribution in [2.24, 2.45) is 0 Å². The second-order valence-electron chi connectivity index (χ2n) is 21.1. The molecule has 0 fully saturated rings. The highest BCUT2D eigenvalue weighted by Gasteiger charge is 2.72. The van der Waals surface area contributed by atoms with Gasteiger partial charge in [-0.15, -0.1) is 0 Å². The van der Waals surface area contributed by atoms with Gasteiger partial charge in [-0.2, -0.15) is 26.3 Å². The fourth-order valence-corrected chi connectivity index (χ4v) is 11.5. The average Bonchev–Trinajstić information content (AvgIpc) is 0.816. The molecule has 6 nitrogen and oxygen atoms in total. The number of benzene rings is 12. The molecule has 12 rings (SSSR count). The number of rotatable bonds is 18. The van der Waals surface area contributed by atoms with Gasteiger partial charge in [0, 0.05) is 68.2 Å². The lowest BCUT2D eigenvalue weighted by Crippen LogP contribution is -2.54. The predicted molar refractivity (Wildman–Crippen MR) is 348 cm³/mol. The van der Waals surface area contributed by atoms with Gasteiger partial charge in [0.2, 0.25) is 5.41 Å². The van der Waals surface area contributed by atoms with Crippen LogP contribution in [0.3, 0.4) is 0 Å². The molecule has 0 radical (unpaired) electrons. The van der Waals surface area contributed by atoms with Crippen LogP contribution in [0.2, 0.25) is 0 Å². The van der Waals surface area contributed by atoms with E-state index in [4.69, 9.17) is 9.47 Å². The van der Waals surface area contributed by atoms with Crippen LogP contribution in [0.4, 0.5) is 94.6 Å². The summed E-state index contributed by atoms with van der Waals surface area (Å²) in [5, 5.41) is 0. The Kier molecular flexibility index (Phi) is 16.5. The molecule has 0 aliphatic rings. The molecule has 0 saturated heterocycles. The van der Waals surface area contributed by atoms with E-state index >= 15 is 26.3 Å². The molecule has 0 N–H and O–H groups in total. The molecule has 0 atom stereocenters. The Hall–Kier alpha value is -11.0. The number of halogens is 6. The summed E-state index contributed by atoms with van der Waals surface area (Å²) in [6.07, 6.45) is -11.7. The zero-order chi connectivity index (χ0) is 61.5. The molecule has 0 spiro atoms. The summed E-state index contributed by atoms with van der Waals surface area (Å²) < 4.78 is 108. The van der Waals surface area contributed by atoms with Crippen LogP contribution < -0.4 is 29.1 Å². The third-order valence-electron chi connectivity index (χ3n) is 15.9. The molecule has 12 aromatic carbocycles. The fraction of sp³-hybridized carbons (Fsp3) is 0.0649. The standard InChI is InChI=1S/C77H58F6N4O2/c1-88-73-51-27-57(28-52-73)55-23-35-65(36-24-55)86(71-47-43-69(44-48-71)84(61-15-7-3-8-16-61)62-17-9-4-10-18-62)67-39-31-59(32-40-67)75(76(78,79)80,77(81,82)83)60-33-41-68(42-34-60)87(66-37-25-56(26-38-66)58-29-53-74(89-2)54-30-58)72-49-45-70(46-50-72)85(63-19-11-5-12-20-63)64-21-13-6-14-22-64/h3-54H,1-2H3. The second-order valence-corrected chi connectivity index (χ2v) is 21.1. The maximum atomic E-state index is 16.2. The van der Waals surface area contributed by atoms with E-state index < -0.39 is 28.9 Å². The van der Waals surface area contributed by atoms with Gasteiger partial charge in [-0.05, 0) is 203 Å². The number of anilines is 12.